The molecular weight excluding hydrogens is 360 g/mol. The third-order valence-electron chi connectivity index (χ3n) is 4.90. The fourth-order valence-corrected chi connectivity index (χ4v) is 3.18. The van der Waals surface area contributed by atoms with Crippen LogP contribution < -0.4 is 9.47 Å². The van der Waals surface area contributed by atoms with Gasteiger partial charge in [0.2, 0.25) is 0 Å². The van der Waals surface area contributed by atoms with E-state index in [-0.39, 0.29) is 18.8 Å². The molecular formula is C22H20O6. The molecule has 28 heavy (non-hydrogen) atoms. The van der Waals surface area contributed by atoms with E-state index in [1.54, 1.807) is 24.5 Å². The van der Waals surface area contributed by atoms with Crippen molar-refractivity contribution in [1.82, 2.24) is 0 Å². The molecule has 1 aromatic heterocycles. The average Bonchev–Trinajstić information content (AvgIpc) is 3.11. The highest BCUT2D eigenvalue weighted by Gasteiger charge is 2.18. The molecule has 144 valence electrons. The van der Waals surface area contributed by atoms with Gasteiger partial charge >= 0.3 is 5.97 Å². The average molecular weight is 380 g/mol. The van der Waals surface area contributed by atoms with Gasteiger partial charge in [0.05, 0.1) is 12.7 Å². The minimum absolute atomic E-state index is 0.0456. The first kappa shape index (κ1) is 18.1. The molecule has 6 nitrogen and oxygen atoms in total. The SMILES string of the molecule is Cc1ccc2c(CC(=O)OCC(=O)c3ccc4c(c3)OCCO4)coc2c1C. The van der Waals surface area contributed by atoms with E-state index in [4.69, 9.17) is 18.6 Å². The zero-order chi connectivity index (χ0) is 19.7. The first-order valence-corrected chi connectivity index (χ1v) is 9.07. The minimum Gasteiger partial charge on any atom is -0.486 e. The van der Waals surface area contributed by atoms with Crippen molar-refractivity contribution in [3.05, 3.63) is 58.8 Å². The number of ketones is 1. The smallest absolute Gasteiger partial charge is 0.310 e. The Morgan fingerprint density at radius 2 is 1.82 bits per heavy atom. The normalized spacial score (nSPS) is 12.8. The van der Waals surface area contributed by atoms with E-state index in [1.807, 2.05) is 26.0 Å². The van der Waals surface area contributed by atoms with E-state index in [2.05, 4.69) is 0 Å². The van der Waals surface area contributed by atoms with Gasteiger partial charge in [0.25, 0.3) is 0 Å². The molecule has 0 atom stereocenters. The predicted molar refractivity (Wildman–Crippen MR) is 102 cm³/mol. The van der Waals surface area contributed by atoms with Crippen LogP contribution in [0.2, 0.25) is 0 Å². The van der Waals surface area contributed by atoms with E-state index < -0.39 is 5.97 Å². The highest BCUT2D eigenvalue weighted by Crippen LogP contribution is 2.31. The van der Waals surface area contributed by atoms with Crippen molar-refractivity contribution in [3.8, 4) is 11.5 Å². The van der Waals surface area contributed by atoms with Crippen molar-refractivity contribution in [3.63, 3.8) is 0 Å². The molecule has 0 saturated heterocycles. The number of aryl methyl sites for hydroxylation is 2. The molecule has 3 aromatic rings. The van der Waals surface area contributed by atoms with Crippen molar-refractivity contribution < 1.29 is 28.2 Å². The van der Waals surface area contributed by atoms with Crippen molar-refractivity contribution in [2.24, 2.45) is 0 Å². The van der Waals surface area contributed by atoms with Crippen LogP contribution in [-0.4, -0.2) is 31.6 Å². The van der Waals surface area contributed by atoms with Gasteiger partial charge < -0.3 is 18.6 Å². The summed E-state index contributed by atoms with van der Waals surface area (Å²) in [6.45, 7) is 4.59. The number of hydrogen-bond acceptors (Lipinski definition) is 6. The lowest BCUT2D eigenvalue weighted by molar-refractivity contribution is -0.141. The fourth-order valence-electron chi connectivity index (χ4n) is 3.18. The number of rotatable bonds is 5. The Balaban J connectivity index is 1.39. The molecule has 0 N–H and O–H groups in total. The lowest BCUT2D eigenvalue weighted by Crippen LogP contribution is -2.18. The Morgan fingerprint density at radius 1 is 1.04 bits per heavy atom. The van der Waals surface area contributed by atoms with Crippen LogP contribution in [0, 0.1) is 13.8 Å². The van der Waals surface area contributed by atoms with Gasteiger partial charge in [0.1, 0.15) is 18.8 Å². The number of Topliss-reactive ketones (excluding diaryl/α,β-unsaturated/α-hetero) is 1. The second-order valence-corrected chi connectivity index (χ2v) is 6.76. The third kappa shape index (κ3) is 3.45. The second-order valence-electron chi connectivity index (χ2n) is 6.76. The quantitative estimate of drug-likeness (QED) is 0.495. The van der Waals surface area contributed by atoms with Gasteiger partial charge in [-0.2, -0.15) is 0 Å². The highest BCUT2D eigenvalue weighted by atomic mass is 16.6. The first-order chi connectivity index (χ1) is 13.5. The Bertz CT molecular complexity index is 1060. The number of esters is 1. The summed E-state index contributed by atoms with van der Waals surface area (Å²) in [5.74, 6) is 0.358. The molecule has 0 bridgehead atoms. The van der Waals surface area contributed by atoms with Gasteiger partial charge in [-0.1, -0.05) is 12.1 Å². The standard InChI is InChI=1S/C22H20O6/c1-13-3-5-17-16(11-28-22(17)14(13)2)10-21(24)27-12-18(23)15-4-6-19-20(9-15)26-8-7-25-19/h3-6,9,11H,7-8,10,12H2,1-2H3. The van der Waals surface area contributed by atoms with Crippen LogP contribution in [0.3, 0.4) is 0 Å². The van der Waals surface area contributed by atoms with Crippen LogP contribution in [0.5, 0.6) is 11.5 Å². The highest BCUT2D eigenvalue weighted by molar-refractivity contribution is 5.98. The zero-order valence-electron chi connectivity index (χ0n) is 15.7. The zero-order valence-corrected chi connectivity index (χ0v) is 15.7. The second kappa shape index (κ2) is 7.38. The molecule has 4 rings (SSSR count). The van der Waals surface area contributed by atoms with Crippen LogP contribution in [-0.2, 0) is 16.0 Å². The number of benzene rings is 2. The predicted octanol–water partition coefficient (Wildman–Crippen LogP) is 3.79. The van der Waals surface area contributed by atoms with Crippen LogP contribution in [0.25, 0.3) is 11.0 Å². The molecule has 1 aliphatic heterocycles. The molecule has 1 aliphatic rings. The van der Waals surface area contributed by atoms with Crippen molar-refractivity contribution in [1.29, 1.82) is 0 Å². The van der Waals surface area contributed by atoms with Crippen LogP contribution in [0.1, 0.15) is 27.0 Å². The minimum atomic E-state index is -0.480. The van der Waals surface area contributed by atoms with Gasteiger partial charge in [-0.05, 0) is 43.2 Å². The molecule has 0 aliphatic carbocycles. The van der Waals surface area contributed by atoms with E-state index in [0.717, 1.165) is 27.7 Å². The Hall–Kier alpha value is -3.28. The fraction of sp³-hybridized carbons (Fsp3) is 0.273. The number of fused-ring (bicyclic) bond motifs is 2. The number of hydrogen-bond donors (Lipinski definition) is 0. The summed E-state index contributed by atoms with van der Waals surface area (Å²) < 4.78 is 21.7. The van der Waals surface area contributed by atoms with Crippen molar-refractivity contribution >= 4 is 22.7 Å². The monoisotopic (exact) mass is 380 g/mol. The van der Waals surface area contributed by atoms with E-state index in [9.17, 15) is 9.59 Å². The molecule has 0 amide bonds. The van der Waals surface area contributed by atoms with E-state index in [1.165, 1.54) is 0 Å². The number of ether oxygens (including phenoxy) is 3. The van der Waals surface area contributed by atoms with Crippen LogP contribution in [0.4, 0.5) is 0 Å². The maximum Gasteiger partial charge on any atom is 0.310 e. The molecule has 2 aromatic carbocycles. The molecule has 6 heteroatoms. The summed E-state index contributed by atoms with van der Waals surface area (Å²) in [6.07, 6.45) is 1.62. The summed E-state index contributed by atoms with van der Waals surface area (Å²) in [4.78, 5) is 24.6. The lowest BCUT2D eigenvalue weighted by atomic mass is 10.0. The van der Waals surface area contributed by atoms with Crippen LogP contribution in [0.15, 0.2) is 41.0 Å². The molecule has 0 unspecified atom stereocenters. The van der Waals surface area contributed by atoms with Gasteiger partial charge in [0.15, 0.2) is 23.9 Å². The summed E-state index contributed by atoms with van der Waals surface area (Å²) >= 11 is 0. The van der Waals surface area contributed by atoms with Crippen LogP contribution >= 0.6 is 0 Å². The molecule has 0 radical (unpaired) electrons. The molecule has 0 spiro atoms. The largest absolute Gasteiger partial charge is 0.486 e. The number of furan rings is 1. The van der Waals surface area contributed by atoms with Gasteiger partial charge in [-0.15, -0.1) is 0 Å². The van der Waals surface area contributed by atoms with E-state index >= 15 is 0 Å². The van der Waals surface area contributed by atoms with Gasteiger partial charge in [0, 0.05) is 16.5 Å². The lowest BCUT2D eigenvalue weighted by Gasteiger charge is -2.18. The molecule has 2 heterocycles. The number of carbonyl (C=O) groups is 2. The first-order valence-electron chi connectivity index (χ1n) is 9.07. The topological polar surface area (TPSA) is 75.0 Å². The van der Waals surface area contributed by atoms with Crippen molar-refractivity contribution in [2.75, 3.05) is 19.8 Å². The maximum absolute atomic E-state index is 12.3. The summed E-state index contributed by atoms with van der Waals surface area (Å²) in [5, 5.41) is 0.887. The van der Waals surface area contributed by atoms with Gasteiger partial charge in [-0.3, -0.25) is 9.59 Å². The van der Waals surface area contributed by atoms with Gasteiger partial charge in [-0.25, -0.2) is 0 Å². The molecule has 0 fully saturated rings. The summed E-state index contributed by atoms with van der Waals surface area (Å²) in [5.41, 5.74) is 4.11. The summed E-state index contributed by atoms with van der Waals surface area (Å²) in [6, 6.07) is 8.86. The Labute approximate surface area is 162 Å². The Morgan fingerprint density at radius 3 is 2.64 bits per heavy atom. The summed E-state index contributed by atoms with van der Waals surface area (Å²) in [7, 11) is 0. The number of carbonyl (C=O) groups excluding carboxylic acids is 2. The van der Waals surface area contributed by atoms with Crippen molar-refractivity contribution in [2.45, 2.75) is 20.3 Å². The maximum atomic E-state index is 12.3. The van der Waals surface area contributed by atoms with E-state index in [0.29, 0.717) is 30.3 Å². The molecule has 0 saturated carbocycles. The third-order valence-corrected chi connectivity index (χ3v) is 4.90. The Kier molecular flexibility index (Phi) is 4.77.